The van der Waals surface area contributed by atoms with E-state index in [4.69, 9.17) is 9.84 Å². The zero-order valence-corrected chi connectivity index (χ0v) is 13.9. The Morgan fingerprint density at radius 3 is 2.96 bits per heavy atom. The number of ether oxygens (including phenoxy) is 1. The molecule has 1 aromatic heterocycles. The first-order valence-electron chi connectivity index (χ1n) is 7.88. The van der Waals surface area contributed by atoms with Crippen molar-refractivity contribution in [3.8, 4) is 5.75 Å². The normalized spacial score (nSPS) is 11.7. The van der Waals surface area contributed by atoms with Crippen LogP contribution in [0.25, 0.3) is 11.0 Å². The Labute approximate surface area is 139 Å². The van der Waals surface area contributed by atoms with Gasteiger partial charge in [-0.15, -0.1) is 0 Å². The molecule has 1 aromatic carbocycles. The molecule has 1 amide bonds. The number of amides is 1. The van der Waals surface area contributed by atoms with Gasteiger partial charge in [-0.05, 0) is 18.6 Å². The van der Waals surface area contributed by atoms with Crippen molar-refractivity contribution in [2.75, 3.05) is 13.2 Å². The second-order valence-corrected chi connectivity index (χ2v) is 5.56. The molecule has 24 heavy (non-hydrogen) atoms. The fraction of sp³-hybridized carbons (Fsp3) is 0.412. The largest absolute Gasteiger partial charge is 0.489 e. The van der Waals surface area contributed by atoms with Gasteiger partial charge in [0.1, 0.15) is 18.2 Å². The molecule has 0 bridgehead atoms. The van der Waals surface area contributed by atoms with Crippen molar-refractivity contribution in [1.82, 2.24) is 14.9 Å². The van der Waals surface area contributed by atoms with Crippen LogP contribution in [0.15, 0.2) is 30.1 Å². The summed E-state index contributed by atoms with van der Waals surface area (Å²) >= 11 is 0. The summed E-state index contributed by atoms with van der Waals surface area (Å²) in [7, 11) is 1.99. The summed E-state index contributed by atoms with van der Waals surface area (Å²) in [5.74, 6) is 1.59. The maximum Gasteiger partial charge on any atom is 0.404 e. The van der Waals surface area contributed by atoms with Crippen molar-refractivity contribution in [3.05, 3.63) is 35.9 Å². The lowest BCUT2D eigenvalue weighted by Crippen LogP contribution is -2.25. The predicted octanol–water partition coefficient (Wildman–Crippen LogP) is 3.42. The van der Waals surface area contributed by atoms with Crippen LogP contribution in [-0.4, -0.2) is 33.9 Å². The number of carbonyl (C=O) groups is 1. The lowest BCUT2D eigenvalue weighted by Gasteiger charge is -2.09. The number of halogens is 1. The van der Waals surface area contributed by atoms with Gasteiger partial charge in [0.15, 0.2) is 0 Å². The van der Waals surface area contributed by atoms with E-state index in [1.807, 2.05) is 19.2 Å². The monoisotopic (exact) mass is 335 g/mol. The van der Waals surface area contributed by atoms with E-state index in [0.717, 1.165) is 36.1 Å². The minimum atomic E-state index is -1.20. The number of benzene rings is 1. The number of fused-ring (bicyclic) bond motifs is 1. The number of nitrogens with zero attached hydrogens (tertiary/aromatic N) is 2. The third-order valence-electron chi connectivity index (χ3n) is 3.74. The number of aryl methyl sites for hydroxylation is 2. The second-order valence-electron chi connectivity index (χ2n) is 5.56. The molecule has 0 saturated heterocycles. The Hall–Kier alpha value is -2.57. The van der Waals surface area contributed by atoms with Gasteiger partial charge < -0.3 is 19.7 Å². The molecule has 0 aliphatic heterocycles. The van der Waals surface area contributed by atoms with E-state index >= 15 is 0 Å². The molecule has 2 aromatic rings. The molecule has 0 radical (unpaired) electrons. The molecule has 2 rings (SSSR count). The van der Waals surface area contributed by atoms with Gasteiger partial charge in [-0.1, -0.05) is 13.3 Å². The third kappa shape index (κ3) is 4.47. The lowest BCUT2D eigenvalue weighted by molar-refractivity contribution is 0.195. The number of imidazole rings is 1. The van der Waals surface area contributed by atoms with E-state index in [1.54, 1.807) is 6.07 Å². The summed E-state index contributed by atoms with van der Waals surface area (Å²) < 4.78 is 20.4. The van der Waals surface area contributed by atoms with E-state index in [1.165, 1.54) is 0 Å². The highest BCUT2D eigenvalue weighted by Crippen LogP contribution is 2.22. The SMILES string of the molecule is CCCCc1nc2cc(OC/C(=C/F)CNC(=O)O)ccc2n1C. The summed E-state index contributed by atoms with van der Waals surface area (Å²) in [6, 6.07) is 5.53. The molecule has 0 spiro atoms. The zero-order chi connectivity index (χ0) is 17.5. The van der Waals surface area contributed by atoms with Gasteiger partial charge in [-0.25, -0.2) is 14.2 Å². The van der Waals surface area contributed by atoms with Crippen LogP contribution in [0.4, 0.5) is 9.18 Å². The average Bonchev–Trinajstić information content (AvgIpc) is 2.88. The topological polar surface area (TPSA) is 76.4 Å². The van der Waals surface area contributed by atoms with Gasteiger partial charge in [-0.2, -0.15) is 0 Å². The van der Waals surface area contributed by atoms with Crippen LogP contribution in [0, 0.1) is 0 Å². The summed E-state index contributed by atoms with van der Waals surface area (Å²) in [6.45, 7) is 2.00. The first-order valence-corrected chi connectivity index (χ1v) is 7.88. The fourth-order valence-electron chi connectivity index (χ4n) is 2.36. The molecule has 130 valence electrons. The zero-order valence-electron chi connectivity index (χ0n) is 13.9. The van der Waals surface area contributed by atoms with Crippen LogP contribution in [0.1, 0.15) is 25.6 Å². The number of unbranched alkanes of at least 4 members (excludes halogenated alkanes) is 1. The highest BCUT2D eigenvalue weighted by atomic mass is 19.1. The second kappa shape index (κ2) is 8.33. The molecule has 0 aliphatic rings. The molecule has 0 fully saturated rings. The van der Waals surface area contributed by atoms with E-state index in [2.05, 4.69) is 21.8 Å². The van der Waals surface area contributed by atoms with Crippen LogP contribution < -0.4 is 10.1 Å². The van der Waals surface area contributed by atoms with Crippen LogP contribution in [0.3, 0.4) is 0 Å². The lowest BCUT2D eigenvalue weighted by atomic mass is 10.2. The van der Waals surface area contributed by atoms with Gasteiger partial charge in [0, 0.05) is 31.7 Å². The fourth-order valence-corrected chi connectivity index (χ4v) is 2.36. The Morgan fingerprint density at radius 2 is 2.29 bits per heavy atom. The minimum Gasteiger partial charge on any atom is -0.489 e. The highest BCUT2D eigenvalue weighted by molar-refractivity contribution is 5.77. The van der Waals surface area contributed by atoms with E-state index in [0.29, 0.717) is 12.1 Å². The molecular weight excluding hydrogens is 313 g/mol. The number of aromatic nitrogens is 2. The standard InChI is InChI=1S/C17H22FN3O3/c1-3-4-5-16-20-14-8-13(6-7-15(14)21(16)2)24-11-12(9-18)10-19-17(22)23/h6-9,19H,3-5,10-11H2,1-2H3,(H,22,23)/b12-9+. The Bertz CT molecular complexity index is 740. The van der Waals surface area contributed by atoms with Crippen molar-refractivity contribution in [3.63, 3.8) is 0 Å². The van der Waals surface area contributed by atoms with Crippen molar-refractivity contribution in [2.45, 2.75) is 26.2 Å². The number of hydrogen-bond acceptors (Lipinski definition) is 3. The van der Waals surface area contributed by atoms with Gasteiger partial charge in [0.2, 0.25) is 0 Å². The van der Waals surface area contributed by atoms with Gasteiger partial charge >= 0.3 is 6.09 Å². The average molecular weight is 335 g/mol. The molecule has 2 N–H and O–H groups in total. The minimum absolute atomic E-state index is 0.0299. The number of hydrogen-bond donors (Lipinski definition) is 2. The molecule has 7 heteroatoms. The van der Waals surface area contributed by atoms with Crippen molar-refractivity contribution in [2.24, 2.45) is 7.05 Å². The molecule has 0 saturated carbocycles. The Balaban J connectivity index is 2.06. The van der Waals surface area contributed by atoms with E-state index in [9.17, 15) is 9.18 Å². The van der Waals surface area contributed by atoms with Crippen LogP contribution in [0.5, 0.6) is 5.75 Å². The smallest absolute Gasteiger partial charge is 0.404 e. The maximum absolute atomic E-state index is 12.7. The van der Waals surface area contributed by atoms with Crippen molar-refractivity contribution >= 4 is 17.1 Å². The molecule has 1 heterocycles. The molecule has 0 unspecified atom stereocenters. The first kappa shape index (κ1) is 17.8. The summed E-state index contributed by atoms with van der Waals surface area (Å²) in [5.41, 5.74) is 2.06. The van der Waals surface area contributed by atoms with Gasteiger partial charge in [0.25, 0.3) is 0 Å². The number of carboxylic acid groups (broad SMARTS) is 1. The number of rotatable bonds is 8. The third-order valence-corrected chi connectivity index (χ3v) is 3.74. The Morgan fingerprint density at radius 1 is 1.50 bits per heavy atom. The summed E-state index contributed by atoms with van der Waals surface area (Å²) in [6.07, 6.45) is 2.28. The molecular formula is C17H22FN3O3. The van der Waals surface area contributed by atoms with Crippen molar-refractivity contribution < 1.29 is 19.0 Å². The molecule has 6 nitrogen and oxygen atoms in total. The molecule has 0 aliphatic carbocycles. The van der Waals surface area contributed by atoms with E-state index in [-0.39, 0.29) is 18.7 Å². The highest BCUT2D eigenvalue weighted by Gasteiger charge is 2.09. The Kier molecular flexibility index (Phi) is 6.17. The van der Waals surface area contributed by atoms with Crippen LogP contribution >= 0.6 is 0 Å². The molecule has 0 atom stereocenters. The predicted molar refractivity (Wildman–Crippen MR) is 90.0 cm³/mol. The summed E-state index contributed by atoms with van der Waals surface area (Å²) in [4.78, 5) is 15.1. The van der Waals surface area contributed by atoms with Crippen LogP contribution in [-0.2, 0) is 13.5 Å². The number of nitrogens with one attached hydrogen (secondary N) is 1. The van der Waals surface area contributed by atoms with Crippen LogP contribution in [0.2, 0.25) is 0 Å². The van der Waals surface area contributed by atoms with Gasteiger partial charge in [0.05, 0.1) is 17.4 Å². The van der Waals surface area contributed by atoms with E-state index < -0.39 is 6.09 Å². The first-order chi connectivity index (χ1) is 11.5. The summed E-state index contributed by atoms with van der Waals surface area (Å²) in [5, 5.41) is 10.6. The maximum atomic E-state index is 12.7. The van der Waals surface area contributed by atoms with Gasteiger partial charge in [-0.3, -0.25) is 0 Å². The quantitative estimate of drug-likeness (QED) is 0.775. The van der Waals surface area contributed by atoms with Crippen molar-refractivity contribution in [1.29, 1.82) is 0 Å².